The number of hydrogen-bond acceptors (Lipinski definition) is 2. The molecule has 1 unspecified atom stereocenters. The van der Waals surface area contributed by atoms with E-state index in [1.165, 1.54) is 77.0 Å². The standard InChI is InChI=1S/C25H48O2/c1-21(2)19-17-15-13-11-9-7-8-10-12-14-16-18-20-24(22(3)4)27-25(26)23(5)6/h21-22,24H,5,7-20H2,1-4,6H3. The van der Waals surface area contributed by atoms with Gasteiger partial charge in [0.15, 0.2) is 0 Å². The molecular formula is C25H48O2. The smallest absolute Gasteiger partial charge is 0.333 e. The molecule has 27 heavy (non-hydrogen) atoms. The molecule has 0 saturated heterocycles. The number of unbranched alkanes of at least 4 members (excludes halogenated alkanes) is 11. The van der Waals surface area contributed by atoms with E-state index in [1.807, 2.05) is 0 Å². The molecule has 1 atom stereocenters. The Morgan fingerprint density at radius 1 is 0.704 bits per heavy atom. The quantitative estimate of drug-likeness (QED) is 0.136. The highest BCUT2D eigenvalue weighted by atomic mass is 16.5. The highest BCUT2D eigenvalue weighted by molar-refractivity contribution is 5.87. The van der Waals surface area contributed by atoms with Gasteiger partial charge in [-0.2, -0.15) is 0 Å². The second-order valence-corrected chi connectivity index (χ2v) is 9.18. The van der Waals surface area contributed by atoms with Crippen molar-refractivity contribution in [2.75, 3.05) is 0 Å². The first-order valence-electron chi connectivity index (χ1n) is 11.7. The largest absolute Gasteiger partial charge is 0.459 e. The molecule has 0 aromatic carbocycles. The molecule has 2 heteroatoms. The molecular weight excluding hydrogens is 332 g/mol. The number of rotatable bonds is 18. The van der Waals surface area contributed by atoms with Crippen molar-refractivity contribution in [3.8, 4) is 0 Å². The molecule has 2 nitrogen and oxygen atoms in total. The van der Waals surface area contributed by atoms with Gasteiger partial charge in [0.25, 0.3) is 0 Å². The predicted octanol–water partition coefficient (Wildman–Crippen LogP) is 8.25. The van der Waals surface area contributed by atoms with Gasteiger partial charge in [0.2, 0.25) is 0 Å². The first-order chi connectivity index (χ1) is 12.8. The van der Waals surface area contributed by atoms with Gasteiger partial charge in [-0.3, -0.25) is 0 Å². The van der Waals surface area contributed by atoms with Crippen molar-refractivity contribution in [3.05, 3.63) is 12.2 Å². The van der Waals surface area contributed by atoms with Gasteiger partial charge in [-0.1, -0.05) is 111 Å². The first-order valence-corrected chi connectivity index (χ1v) is 11.7. The minimum Gasteiger partial charge on any atom is -0.459 e. The summed E-state index contributed by atoms with van der Waals surface area (Å²) >= 11 is 0. The molecule has 0 aromatic heterocycles. The average Bonchev–Trinajstić information content (AvgIpc) is 2.60. The van der Waals surface area contributed by atoms with Crippen LogP contribution in [0.4, 0.5) is 0 Å². The number of carbonyl (C=O) groups is 1. The molecule has 0 aliphatic carbocycles. The van der Waals surface area contributed by atoms with Gasteiger partial charge < -0.3 is 4.74 Å². The third-order valence-electron chi connectivity index (χ3n) is 5.37. The van der Waals surface area contributed by atoms with Crippen LogP contribution in [-0.4, -0.2) is 12.1 Å². The molecule has 0 aliphatic heterocycles. The minimum absolute atomic E-state index is 0.0368. The van der Waals surface area contributed by atoms with Gasteiger partial charge in [0, 0.05) is 5.57 Å². The second kappa shape index (κ2) is 17.3. The van der Waals surface area contributed by atoms with Crippen LogP contribution in [0.2, 0.25) is 0 Å². The molecule has 0 fully saturated rings. The SMILES string of the molecule is C=C(C)C(=O)OC(CCCCCCCCCCCCCCC(C)C)C(C)C. The van der Waals surface area contributed by atoms with Crippen LogP contribution < -0.4 is 0 Å². The van der Waals surface area contributed by atoms with E-state index in [-0.39, 0.29) is 12.1 Å². The summed E-state index contributed by atoms with van der Waals surface area (Å²) in [6, 6.07) is 0. The first kappa shape index (κ1) is 26.2. The maximum atomic E-state index is 11.7. The third-order valence-corrected chi connectivity index (χ3v) is 5.37. The third kappa shape index (κ3) is 17.1. The lowest BCUT2D eigenvalue weighted by Crippen LogP contribution is -2.24. The van der Waals surface area contributed by atoms with E-state index in [2.05, 4.69) is 34.3 Å². The Kier molecular flexibility index (Phi) is 16.8. The van der Waals surface area contributed by atoms with E-state index < -0.39 is 0 Å². The van der Waals surface area contributed by atoms with Gasteiger partial charge in [-0.15, -0.1) is 0 Å². The zero-order valence-electron chi connectivity index (χ0n) is 19.2. The summed E-state index contributed by atoms with van der Waals surface area (Å²) in [5.74, 6) is 1.000. The Hall–Kier alpha value is -0.790. The fourth-order valence-corrected chi connectivity index (χ4v) is 3.43. The monoisotopic (exact) mass is 380 g/mol. The van der Waals surface area contributed by atoms with E-state index in [9.17, 15) is 4.79 Å². The predicted molar refractivity (Wildman–Crippen MR) is 119 cm³/mol. The Morgan fingerprint density at radius 2 is 1.07 bits per heavy atom. The van der Waals surface area contributed by atoms with Gasteiger partial charge in [-0.05, 0) is 31.6 Å². The molecule has 0 amide bonds. The average molecular weight is 381 g/mol. The lowest BCUT2D eigenvalue weighted by molar-refractivity contribution is -0.146. The molecule has 0 N–H and O–H groups in total. The highest BCUT2D eigenvalue weighted by Gasteiger charge is 2.18. The summed E-state index contributed by atoms with van der Waals surface area (Å²) in [5.41, 5.74) is 0.496. The summed E-state index contributed by atoms with van der Waals surface area (Å²) in [4.78, 5) is 11.7. The highest BCUT2D eigenvalue weighted by Crippen LogP contribution is 2.18. The topological polar surface area (TPSA) is 26.3 Å². The lowest BCUT2D eigenvalue weighted by atomic mass is 9.99. The van der Waals surface area contributed by atoms with Gasteiger partial charge >= 0.3 is 5.97 Å². The second-order valence-electron chi connectivity index (χ2n) is 9.18. The van der Waals surface area contributed by atoms with Crippen molar-refractivity contribution in [2.24, 2.45) is 11.8 Å². The van der Waals surface area contributed by atoms with Crippen molar-refractivity contribution in [2.45, 2.75) is 131 Å². The van der Waals surface area contributed by atoms with Crippen LogP contribution in [0.3, 0.4) is 0 Å². The lowest BCUT2D eigenvalue weighted by Gasteiger charge is -2.21. The fourth-order valence-electron chi connectivity index (χ4n) is 3.43. The number of ether oxygens (including phenoxy) is 1. The van der Waals surface area contributed by atoms with Crippen molar-refractivity contribution < 1.29 is 9.53 Å². The van der Waals surface area contributed by atoms with Crippen molar-refractivity contribution >= 4 is 5.97 Å². The van der Waals surface area contributed by atoms with E-state index in [0.717, 1.165) is 18.8 Å². The number of hydrogen-bond donors (Lipinski definition) is 0. The van der Waals surface area contributed by atoms with Crippen molar-refractivity contribution in [3.63, 3.8) is 0 Å². The summed E-state index contributed by atoms with van der Waals surface area (Å²) in [7, 11) is 0. The van der Waals surface area contributed by atoms with Crippen molar-refractivity contribution in [1.82, 2.24) is 0 Å². The molecule has 0 rings (SSSR count). The van der Waals surface area contributed by atoms with Crippen LogP contribution in [0.5, 0.6) is 0 Å². The summed E-state index contributed by atoms with van der Waals surface area (Å²) < 4.78 is 5.55. The number of esters is 1. The van der Waals surface area contributed by atoms with Crippen LogP contribution >= 0.6 is 0 Å². The summed E-state index contributed by atoms with van der Waals surface area (Å²) in [5, 5.41) is 0. The van der Waals surface area contributed by atoms with Crippen LogP contribution in [0, 0.1) is 11.8 Å². The fraction of sp³-hybridized carbons (Fsp3) is 0.880. The molecule has 0 bridgehead atoms. The van der Waals surface area contributed by atoms with Crippen LogP contribution in [0.1, 0.15) is 125 Å². The van der Waals surface area contributed by atoms with Crippen molar-refractivity contribution in [1.29, 1.82) is 0 Å². The van der Waals surface area contributed by atoms with Crippen LogP contribution in [0.25, 0.3) is 0 Å². The summed E-state index contributed by atoms with van der Waals surface area (Å²) in [6.45, 7) is 14.3. The van der Waals surface area contributed by atoms with E-state index in [4.69, 9.17) is 4.74 Å². The molecule has 0 spiro atoms. The molecule has 160 valence electrons. The van der Waals surface area contributed by atoms with Crippen LogP contribution in [0.15, 0.2) is 12.2 Å². The Morgan fingerprint density at radius 3 is 1.41 bits per heavy atom. The Bertz CT molecular complexity index is 371. The maximum absolute atomic E-state index is 11.7. The maximum Gasteiger partial charge on any atom is 0.333 e. The zero-order valence-corrected chi connectivity index (χ0v) is 19.2. The van der Waals surface area contributed by atoms with E-state index in [0.29, 0.717) is 11.5 Å². The molecule has 0 aliphatic rings. The van der Waals surface area contributed by atoms with Gasteiger partial charge in [-0.25, -0.2) is 4.79 Å². The minimum atomic E-state index is -0.242. The zero-order chi connectivity index (χ0) is 20.5. The van der Waals surface area contributed by atoms with E-state index in [1.54, 1.807) is 6.92 Å². The summed E-state index contributed by atoms with van der Waals surface area (Å²) in [6.07, 6.45) is 18.8. The molecule has 0 saturated carbocycles. The normalized spacial score (nSPS) is 12.6. The van der Waals surface area contributed by atoms with E-state index >= 15 is 0 Å². The van der Waals surface area contributed by atoms with Gasteiger partial charge in [0.1, 0.15) is 6.10 Å². The number of carbonyl (C=O) groups excluding carboxylic acids is 1. The molecule has 0 aromatic rings. The Labute approximate surface area is 170 Å². The molecule has 0 radical (unpaired) electrons. The van der Waals surface area contributed by atoms with Crippen LogP contribution in [-0.2, 0) is 9.53 Å². The van der Waals surface area contributed by atoms with Gasteiger partial charge in [0.05, 0.1) is 0 Å². The Balaban J connectivity index is 3.45. The molecule has 0 heterocycles.